The van der Waals surface area contributed by atoms with E-state index in [0.717, 1.165) is 6.08 Å². The van der Waals surface area contributed by atoms with Gasteiger partial charge < -0.3 is 9.52 Å². The average Bonchev–Trinajstić information content (AvgIpc) is 2.81. The van der Waals surface area contributed by atoms with Gasteiger partial charge in [-0.05, 0) is 23.5 Å². The number of halogens is 4. The fraction of sp³-hybridized carbons (Fsp3) is 0.438. The molecule has 1 aromatic heterocycles. The first kappa shape index (κ1) is 17.5. The van der Waals surface area contributed by atoms with Crippen molar-refractivity contribution in [2.75, 3.05) is 0 Å². The van der Waals surface area contributed by atoms with Crippen LogP contribution in [0.15, 0.2) is 33.9 Å². The second kappa shape index (κ2) is 5.64. The van der Waals surface area contributed by atoms with Crippen LogP contribution in [-0.4, -0.2) is 17.3 Å². The van der Waals surface area contributed by atoms with Crippen molar-refractivity contribution in [3.8, 4) is 11.8 Å². The Bertz CT molecular complexity index is 692. The number of furan rings is 1. The summed E-state index contributed by atoms with van der Waals surface area (Å²) in [6, 6.07) is 3.24. The molecule has 1 N–H and O–H groups in total. The van der Waals surface area contributed by atoms with Crippen LogP contribution in [0.1, 0.15) is 26.0 Å². The van der Waals surface area contributed by atoms with Crippen molar-refractivity contribution < 1.29 is 27.5 Å². The molecular weight excluding hydrogens is 333 g/mol. The van der Waals surface area contributed by atoms with Crippen molar-refractivity contribution in [2.45, 2.75) is 26.4 Å². The minimum absolute atomic E-state index is 0.0980. The highest BCUT2D eigenvalue weighted by Crippen LogP contribution is 2.72. The Morgan fingerprint density at radius 2 is 2.17 bits per heavy atom. The predicted octanol–water partition coefficient (Wildman–Crippen LogP) is 4.43. The van der Waals surface area contributed by atoms with E-state index >= 15 is 0 Å². The van der Waals surface area contributed by atoms with Crippen LogP contribution in [0.3, 0.4) is 0 Å². The minimum atomic E-state index is -4.69. The summed E-state index contributed by atoms with van der Waals surface area (Å²) in [7, 11) is 0. The summed E-state index contributed by atoms with van der Waals surface area (Å²) in [4.78, 5) is 11.7. The van der Waals surface area contributed by atoms with Crippen LogP contribution < -0.4 is 0 Å². The van der Waals surface area contributed by atoms with Crippen LogP contribution >= 0.6 is 11.6 Å². The van der Waals surface area contributed by atoms with E-state index in [9.17, 15) is 23.1 Å². The quantitative estimate of drug-likeness (QED) is 0.823. The van der Waals surface area contributed by atoms with Crippen molar-refractivity contribution in [3.05, 3.63) is 35.3 Å². The highest BCUT2D eigenvalue weighted by atomic mass is 35.5. The molecule has 0 saturated heterocycles. The predicted molar refractivity (Wildman–Crippen MR) is 77.5 cm³/mol. The van der Waals surface area contributed by atoms with Crippen molar-refractivity contribution in [1.82, 2.24) is 0 Å². The van der Waals surface area contributed by atoms with Gasteiger partial charge >= 0.3 is 12.1 Å². The molecule has 0 bridgehead atoms. The Labute approximate surface area is 136 Å². The Morgan fingerprint density at radius 1 is 1.52 bits per heavy atom. The van der Waals surface area contributed by atoms with Gasteiger partial charge in [-0.25, -0.2) is 0 Å². The van der Waals surface area contributed by atoms with E-state index in [1.807, 2.05) is 0 Å². The van der Waals surface area contributed by atoms with Crippen molar-refractivity contribution in [1.29, 1.82) is 0 Å². The molecule has 0 spiro atoms. The number of aliphatic carboxylic acids is 1. The third-order valence-electron chi connectivity index (χ3n) is 4.44. The van der Waals surface area contributed by atoms with Gasteiger partial charge in [-0.2, -0.15) is 13.2 Å². The van der Waals surface area contributed by atoms with Crippen LogP contribution in [0.25, 0.3) is 0 Å². The maximum Gasteiger partial charge on any atom is 0.426 e. The maximum atomic E-state index is 12.6. The number of allylic oxidation sites excluding steroid dienone is 2. The molecule has 2 atom stereocenters. The second-order valence-electron chi connectivity index (χ2n) is 5.94. The zero-order valence-electron chi connectivity index (χ0n) is 12.4. The lowest BCUT2D eigenvalue weighted by Gasteiger charge is -2.11. The zero-order chi connectivity index (χ0) is 17.5. The number of hydrogen-bond donors (Lipinski definition) is 1. The van der Waals surface area contributed by atoms with Gasteiger partial charge in [0.25, 0.3) is 0 Å². The van der Waals surface area contributed by atoms with Gasteiger partial charge in [-0.15, -0.1) is 0 Å². The number of carboxylic acid groups (broad SMARTS) is 1. The zero-order valence-corrected chi connectivity index (χ0v) is 13.1. The summed E-state index contributed by atoms with van der Waals surface area (Å²) in [6.07, 6.45) is -2.58. The molecule has 0 aliphatic heterocycles. The lowest BCUT2D eigenvalue weighted by molar-refractivity contribution is -0.144. The minimum Gasteiger partial charge on any atom is -0.481 e. The first-order valence-electron chi connectivity index (χ1n) is 6.74. The summed E-state index contributed by atoms with van der Waals surface area (Å²) in [6.45, 7) is 3.19. The number of alkyl halides is 3. The van der Waals surface area contributed by atoms with E-state index in [0.29, 0.717) is 5.76 Å². The highest BCUT2D eigenvalue weighted by molar-refractivity contribution is 6.30. The molecule has 1 aliphatic rings. The lowest BCUT2D eigenvalue weighted by Crippen LogP contribution is -2.21. The second-order valence-corrected chi connectivity index (χ2v) is 6.35. The summed E-state index contributed by atoms with van der Waals surface area (Å²) in [5.41, 5.74) is -2.29. The molecule has 1 aliphatic carbocycles. The monoisotopic (exact) mass is 346 g/mol. The number of hydrogen-bond acceptors (Lipinski definition) is 2. The molecule has 2 rings (SSSR count). The molecule has 1 saturated carbocycles. The lowest BCUT2D eigenvalue weighted by atomic mass is 9.92. The summed E-state index contributed by atoms with van der Waals surface area (Å²) < 4.78 is 42.8. The molecule has 1 aromatic rings. The highest BCUT2D eigenvalue weighted by Gasteiger charge is 2.74. The van der Waals surface area contributed by atoms with Crippen LogP contribution in [0.2, 0.25) is 0 Å². The van der Waals surface area contributed by atoms with Crippen molar-refractivity contribution in [3.63, 3.8) is 0 Å². The molecule has 124 valence electrons. The molecule has 0 aromatic carbocycles. The molecule has 1 heterocycles. The van der Waals surface area contributed by atoms with Crippen molar-refractivity contribution in [2.24, 2.45) is 16.7 Å². The standard InChI is InChI=1S/C16H14ClF3O3/c1-14(2)11(9-12(17)16(18,19)20)15(14,13(21)22)7-3-5-10-6-4-8-23-10/h4,6,8-9,11H,7H2,1-2H3,(H,21,22)/b12-9-/t11-,15+/m1/s1. The van der Waals surface area contributed by atoms with E-state index in [-0.39, 0.29) is 6.42 Å². The molecule has 7 heteroatoms. The van der Waals surface area contributed by atoms with E-state index in [1.54, 1.807) is 26.0 Å². The van der Waals surface area contributed by atoms with E-state index in [2.05, 4.69) is 11.8 Å². The fourth-order valence-corrected chi connectivity index (χ4v) is 3.06. The number of rotatable bonds is 3. The average molecular weight is 347 g/mol. The van der Waals surface area contributed by atoms with Crippen LogP contribution in [0.4, 0.5) is 13.2 Å². The Hall–Kier alpha value is -1.87. The molecule has 0 unspecified atom stereocenters. The molecule has 3 nitrogen and oxygen atoms in total. The molecular formula is C16H14ClF3O3. The van der Waals surface area contributed by atoms with E-state index in [4.69, 9.17) is 16.0 Å². The third kappa shape index (κ3) is 2.98. The number of carbonyl (C=O) groups is 1. The first-order valence-corrected chi connectivity index (χ1v) is 7.11. The molecule has 23 heavy (non-hydrogen) atoms. The van der Waals surface area contributed by atoms with Crippen LogP contribution in [-0.2, 0) is 4.79 Å². The SMILES string of the molecule is CC1(C)[C@@H](/C=C(\Cl)C(F)(F)F)[C@@]1(CC#Cc1ccco1)C(=O)O. The van der Waals surface area contributed by atoms with E-state index in [1.165, 1.54) is 6.26 Å². The van der Waals surface area contributed by atoms with Gasteiger partial charge in [0.1, 0.15) is 5.03 Å². The van der Waals surface area contributed by atoms with Gasteiger partial charge in [0.05, 0.1) is 11.7 Å². The van der Waals surface area contributed by atoms with Gasteiger partial charge in [0, 0.05) is 12.3 Å². The summed E-state index contributed by atoms with van der Waals surface area (Å²) in [5.74, 6) is 3.67. The van der Waals surface area contributed by atoms with Crippen molar-refractivity contribution >= 4 is 17.6 Å². The number of carboxylic acids is 1. The van der Waals surface area contributed by atoms with Gasteiger partial charge in [-0.3, -0.25) is 4.79 Å². The molecule has 0 radical (unpaired) electrons. The fourth-order valence-electron chi connectivity index (χ4n) is 2.93. The van der Waals surface area contributed by atoms with Gasteiger partial charge in [0.15, 0.2) is 5.76 Å². The Balaban J connectivity index is 2.29. The van der Waals surface area contributed by atoms with Crippen LogP contribution in [0, 0.1) is 28.6 Å². The smallest absolute Gasteiger partial charge is 0.426 e. The van der Waals surface area contributed by atoms with E-state index < -0.39 is 33.9 Å². The maximum absolute atomic E-state index is 12.6. The molecule has 1 fully saturated rings. The van der Waals surface area contributed by atoms with Gasteiger partial charge in [-0.1, -0.05) is 37.4 Å². The normalized spacial score (nSPS) is 26.3. The Morgan fingerprint density at radius 3 is 2.65 bits per heavy atom. The first-order chi connectivity index (χ1) is 10.5. The summed E-state index contributed by atoms with van der Waals surface area (Å²) >= 11 is 5.26. The molecule has 0 amide bonds. The van der Waals surface area contributed by atoms with Gasteiger partial charge in [0.2, 0.25) is 0 Å². The third-order valence-corrected chi connectivity index (χ3v) is 4.78. The Kier molecular flexibility index (Phi) is 4.29. The topological polar surface area (TPSA) is 50.4 Å². The summed E-state index contributed by atoms with van der Waals surface area (Å²) in [5, 5.41) is 8.23. The van der Waals surface area contributed by atoms with Crippen LogP contribution in [0.5, 0.6) is 0 Å². The largest absolute Gasteiger partial charge is 0.481 e.